The van der Waals surface area contributed by atoms with Crippen molar-refractivity contribution in [3.63, 3.8) is 0 Å². The van der Waals surface area contributed by atoms with Crippen molar-refractivity contribution in [1.29, 1.82) is 0 Å². The zero-order valence-electron chi connectivity index (χ0n) is 15.5. The highest BCUT2D eigenvalue weighted by molar-refractivity contribution is 6.36. The molecule has 29 heavy (non-hydrogen) atoms. The molecule has 2 aromatic heterocycles. The zero-order valence-corrected chi connectivity index (χ0v) is 17.8. The molecule has 1 saturated heterocycles. The number of rotatable bonds is 6. The molecule has 6 nitrogen and oxygen atoms in total. The lowest BCUT2D eigenvalue weighted by Crippen LogP contribution is -2.18. The van der Waals surface area contributed by atoms with Crippen molar-refractivity contribution in [2.24, 2.45) is 0 Å². The molecule has 1 fully saturated rings. The quantitative estimate of drug-likeness (QED) is 0.548. The molecule has 9 heteroatoms. The summed E-state index contributed by atoms with van der Waals surface area (Å²) in [5.41, 5.74) is 0.727. The molecule has 3 heterocycles. The SMILES string of the molecule is O=C(Nc1nn(Cc2c(Cl)cccc2Cl)cc1Cl)c1ccc(CN2CCCC2)o1. The molecular formula is C20H19Cl3N4O2. The maximum Gasteiger partial charge on any atom is 0.292 e. The standard InChI is InChI=1S/C20H19Cl3N4O2/c21-15-4-3-5-16(22)14(15)11-27-12-17(23)19(25-27)24-20(28)18-7-6-13(29-18)10-26-8-1-2-9-26/h3-7,12H,1-2,8-11H2,(H,24,25,28). The Labute approximate surface area is 183 Å². The Hall–Kier alpha value is -1.99. The molecule has 1 aliphatic rings. The summed E-state index contributed by atoms with van der Waals surface area (Å²) in [6.45, 7) is 3.16. The van der Waals surface area contributed by atoms with Crippen LogP contribution in [0.2, 0.25) is 15.1 Å². The Morgan fingerprint density at radius 3 is 2.48 bits per heavy atom. The number of anilines is 1. The van der Waals surface area contributed by atoms with Gasteiger partial charge in [0.15, 0.2) is 11.6 Å². The Kier molecular flexibility index (Phi) is 6.15. The van der Waals surface area contributed by atoms with Gasteiger partial charge in [0.1, 0.15) is 10.8 Å². The Morgan fingerprint density at radius 2 is 1.76 bits per heavy atom. The summed E-state index contributed by atoms with van der Waals surface area (Å²) >= 11 is 18.7. The summed E-state index contributed by atoms with van der Waals surface area (Å²) in [6.07, 6.45) is 4.01. The monoisotopic (exact) mass is 452 g/mol. The van der Waals surface area contributed by atoms with Crippen molar-refractivity contribution in [3.8, 4) is 0 Å². The summed E-state index contributed by atoms with van der Waals surface area (Å²) < 4.78 is 7.26. The Bertz CT molecular complexity index is 1000. The van der Waals surface area contributed by atoms with Crippen LogP contribution in [0.15, 0.2) is 40.9 Å². The number of hydrogen-bond donors (Lipinski definition) is 1. The van der Waals surface area contributed by atoms with Gasteiger partial charge in [0, 0.05) is 21.8 Å². The van der Waals surface area contributed by atoms with Gasteiger partial charge in [0.05, 0.1) is 13.1 Å². The molecule has 0 unspecified atom stereocenters. The number of hydrogen-bond acceptors (Lipinski definition) is 4. The topological polar surface area (TPSA) is 63.3 Å². The lowest BCUT2D eigenvalue weighted by atomic mass is 10.2. The van der Waals surface area contributed by atoms with Crippen molar-refractivity contribution in [2.75, 3.05) is 18.4 Å². The lowest BCUT2D eigenvalue weighted by Gasteiger charge is -2.11. The van der Waals surface area contributed by atoms with Crippen LogP contribution in [-0.4, -0.2) is 33.7 Å². The van der Waals surface area contributed by atoms with Gasteiger partial charge in [-0.15, -0.1) is 0 Å². The van der Waals surface area contributed by atoms with E-state index in [9.17, 15) is 4.79 Å². The molecule has 0 radical (unpaired) electrons. The first kappa shape index (κ1) is 20.3. The minimum Gasteiger partial charge on any atom is -0.455 e. The highest BCUT2D eigenvalue weighted by atomic mass is 35.5. The van der Waals surface area contributed by atoms with E-state index in [2.05, 4.69) is 15.3 Å². The van der Waals surface area contributed by atoms with Crippen molar-refractivity contribution >= 4 is 46.5 Å². The summed E-state index contributed by atoms with van der Waals surface area (Å²) in [7, 11) is 0. The first-order chi connectivity index (χ1) is 14.0. The average molecular weight is 454 g/mol. The molecule has 4 rings (SSSR count). The Balaban J connectivity index is 1.43. The van der Waals surface area contributed by atoms with Gasteiger partial charge in [-0.3, -0.25) is 14.4 Å². The second-order valence-corrected chi connectivity index (χ2v) is 8.15. The number of likely N-dealkylation sites (tertiary alicyclic amines) is 1. The third kappa shape index (κ3) is 4.78. The number of aromatic nitrogens is 2. The van der Waals surface area contributed by atoms with Gasteiger partial charge in [-0.25, -0.2) is 0 Å². The molecular weight excluding hydrogens is 435 g/mol. The number of carbonyl (C=O) groups is 1. The molecule has 1 aromatic carbocycles. The molecule has 0 atom stereocenters. The van der Waals surface area contributed by atoms with Gasteiger partial charge in [0.2, 0.25) is 0 Å². The average Bonchev–Trinajstić information content (AvgIpc) is 3.42. The number of furan rings is 1. The van der Waals surface area contributed by atoms with Crippen LogP contribution in [0.3, 0.4) is 0 Å². The van der Waals surface area contributed by atoms with Gasteiger partial charge in [0.25, 0.3) is 5.91 Å². The van der Waals surface area contributed by atoms with Gasteiger partial charge in [-0.05, 0) is 50.2 Å². The molecule has 1 amide bonds. The van der Waals surface area contributed by atoms with E-state index < -0.39 is 5.91 Å². The van der Waals surface area contributed by atoms with Gasteiger partial charge < -0.3 is 9.73 Å². The van der Waals surface area contributed by atoms with Crippen LogP contribution in [-0.2, 0) is 13.1 Å². The van der Waals surface area contributed by atoms with Crippen LogP contribution in [0.25, 0.3) is 0 Å². The van der Waals surface area contributed by atoms with Crippen molar-refractivity contribution in [2.45, 2.75) is 25.9 Å². The minimum atomic E-state index is -0.402. The van der Waals surface area contributed by atoms with Gasteiger partial charge >= 0.3 is 0 Å². The fourth-order valence-electron chi connectivity index (χ4n) is 3.32. The van der Waals surface area contributed by atoms with Crippen molar-refractivity contribution < 1.29 is 9.21 Å². The second-order valence-electron chi connectivity index (χ2n) is 6.93. The lowest BCUT2D eigenvalue weighted by molar-refractivity contribution is 0.0993. The van der Waals surface area contributed by atoms with E-state index >= 15 is 0 Å². The van der Waals surface area contributed by atoms with E-state index in [1.54, 1.807) is 35.1 Å². The maximum absolute atomic E-state index is 12.5. The molecule has 1 aliphatic heterocycles. The predicted octanol–water partition coefficient (Wildman–Crippen LogP) is 5.33. The number of carbonyl (C=O) groups excluding carboxylic acids is 1. The highest BCUT2D eigenvalue weighted by Gasteiger charge is 2.18. The van der Waals surface area contributed by atoms with E-state index in [1.807, 2.05) is 6.07 Å². The first-order valence-corrected chi connectivity index (χ1v) is 10.4. The number of amides is 1. The van der Waals surface area contributed by atoms with Gasteiger partial charge in [-0.1, -0.05) is 40.9 Å². The van der Waals surface area contributed by atoms with Crippen LogP contribution in [0.5, 0.6) is 0 Å². The highest BCUT2D eigenvalue weighted by Crippen LogP contribution is 2.27. The number of nitrogens with one attached hydrogen (secondary N) is 1. The van der Waals surface area contributed by atoms with E-state index in [-0.39, 0.29) is 11.6 Å². The molecule has 1 N–H and O–H groups in total. The van der Waals surface area contributed by atoms with E-state index in [1.165, 1.54) is 12.8 Å². The second kappa shape index (κ2) is 8.79. The normalized spacial score (nSPS) is 14.4. The summed E-state index contributed by atoms with van der Waals surface area (Å²) in [5.74, 6) is 0.832. The fraction of sp³-hybridized carbons (Fsp3) is 0.300. The molecule has 0 spiro atoms. The Morgan fingerprint density at radius 1 is 1.03 bits per heavy atom. The van der Waals surface area contributed by atoms with E-state index in [0.717, 1.165) is 24.4 Å². The summed E-state index contributed by atoms with van der Waals surface area (Å²) in [5, 5.41) is 8.41. The molecule has 0 saturated carbocycles. The molecule has 0 aliphatic carbocycles. The summed E-state index contributed by atoms with van der Waals surface area (Å²) in [6, 6.07) is 8.78. The predicted molar refractivity (Wildman–Crippen MR) is 114 cm³/mol. The minimum absolute atomic E-state index is 0.221. The fourth-order valence-corrected chi connectivity index (χ4v) is 4.04. The van der Waals surface area contributed by atoms with Crippen LogP contribution in [0.4, 0.5) is 5.82 Å². The van der Waals surface area contributed by atoms with Crippen molar-refractivity contribution in [3.05, 3.63) is 68.7 Å². The van der Waals surface area contributed by atoms with Gasteiger partial charge in [-0.2, -0.15) is 5.10 Å². The third-order valence-corrected chi connectivity index (χ3v) is 5.78. The zero-order chi connectivity index (χ0) is 20.4. The van der Waals surface area contributed by atoms with Crippen LogP contribution < -0.4 is 5.32 Å². The number of nitrogens with zero attached hydrogens (tertiary/aromatic N) is 3. The van der Waals surface area contributed by atoms with E-state index in [4.69, 9.17) is 39.2 Å². The van der Waals surface area contributed by atoms with Crippen LogP contribution in [0.1, 0.15) is 34.7 Å². The number of benzene rings is 1. The summed E-state index contributed by atoms with van der Waals surface area (Å²) in [4.78, 5) is 14.8. The van der Waals surface area contributed by atoms with Crippen molar-refractivity contribution in [1.82, 2.24) is 14.7 Å². The third-order valence-electron chi connectivity index (χ3n) is 4.79. The van der Waals surface area contributed by atoms with Crippen LogP contribution >= 0.6 is 34.8 Å². The molecule has 0 bridgehead atoms. The molecule has 3 aromatic rings. The van der Waals surface area contributed by atoms with E-state index in [0.29, 0.717) is 28.2 Å². The maximum atomic E-state index is 12.5. The first-order valence-electron chi connectivity index (χ1n) is 9.28. The number of halogens is 3. The van der Waals surface area contributed by atoms with Crippen LogP contribution in [0, 0.1) is 0 Å². The molecule has 152 valence electrons. The largest absolute Gasteiger partial charge is 0.455 e. The smallest absolute Gasteiger partial charge is 0.292 e.